The Bertz CT molecular complexity index is 307. The molecule has 1 aliphatic rings. The minimum absolute atomic E-state index is 0.144. The SMILES string of the molecule is Cc1ccc(CCC2(N)CCCC2)cc1. The van der Waals surface area contributed by atoms with Gasteiger partial charge in [0.05, 0.1) is 0 Å². The molecule has 0 aromatic heterocycles. The van der Waals surface area contributed by atoms with E-state index >= 15 is 0 Å². The molecule has 1 aromatic carbocycles. The third-order valence-electron chi connectivity index (χ3n) is 3.63. The van der Waals surface area contributed by atoms with Crippen LogP contribution in [-0.4, -0.2) is 5.54 Å². The number of rotatable bonds is 3. The lowest BCUT2D eigenvalue weighted by molar-refractivity contribution is 0.406. The van der Waals surface area contributed by atoms with Crippen LogP contribution < -0.4 is 5.73 Å². The molecule has 1 aliphatic carbocycles. The first kappa shape index (κ1) is 10.7. The van der Waals surface area contributed by atoms with Gasteiger partial charge in [-0.05, 0) is 38.2 Å². The normalized spacial score (nSPS) is 19.3. The van der Waals surface area contributed by atoms with E-state index in [0.29, 0.717) is 0 Å². The second-order valence-electron chi connectivity index (χ2n) is 5.06. The monoisotopic (exact) mass is 203 g/mol. The first-order valence-electron chi connectivity index (χ1n) is 6.02. The van der Waals surface area contributed by atoms with Gasteiger partial charge in [0, 0.05) is 5.54 Å². The van der Waals surface area contributed by atoms with E-state index in [1.807, 2.05) is 0 Å². The average Bonchev–Trinajstić information content (AvgIpc) is 2.65. The van der Waals surface area contributed by atoms with E-state index in [2.05, 4.69) is 31.2 Å². The quantitative estimate of drug-likeness (QED) is 0.802. The van der Waals surface area contributed by atoms with Crippen molar-refractivity contribution in [2.75, 3.05) is 0 Å². The average molecular weight is 203 g/mol. The minimum Gasteiger partial charge on any atom is -0.325 e. The predicted molar refractivity (Wildman–Crippen MR) is 64.9 cm³/mol. The maximum absolute atomic E-state index is 6.34. The van der Waals surface area contributed by atoms with Crippen LogP contribution in [0.25, 0.3) is 0 Å². The third-order valence-corrected chi connectivity index (χ3v) is 3.63. The number of nitrogens with two attached hydrogens (primary N) is 1. The summed E-state index contributed by atoms with van der Waals surface area (Å²) in [5.41, 5.74) is 9.24. The summed E-state index contributed by atoms with van der Waals surface area (Å²) < 4.78 is 0. The van der Waals surface area contributed by atoms with Gasteiger partial charge in [-0.25, -0.2) is 0 Å². The van der Waals surface area contributed by atoms with Crippen molar-refractivity contribution >= 4 is 0 Å². The van der Waals surface area contributed by atoms with Crippen LogP contribution in [0.15, 0.2) is 24.3 Å². The largest absolute Gasteiger partial charge is 0.325 e. The van der Waals surface area contributed by atoms with Crippen LogP contribution in [0.5, 0.6) is 0 Å². The molecular formula is C14H21N. The van der Waals surface area contributed by atoms with Crippen LogP contribution >= 0.6 is 0 Å². The summed E-state index contributed by atoms with van der Waals surface area (Å²) in [4.78, 5) is 0. The van der Waals surface area contributed by atoms with Gasteiger partial charge < -0.3 is 5.73 Å². The van der Waals surface area contributed by atoms with Crippen molar-refractivity contribution in [1.29, 1.82) is 0 Å². The molecule has 0 unspecified atom stereocenters. The highest BCUT2D eigenvalue weighted by molar-refractivity contribution is 5.21. The van der Waals surface area contributed by atoms with Crippen molar-refractivity contribution in [2.24, 2.45) is 5.73 Å². The molecule has 1 aromatic rings. The zero-order valence-corrected chi connectivity index (χ0v) is 9.63. The highest BCUT2D eigenvalue weighted by Gasteiger charge is 2.28. The highest BCUT2D eigenvalue weighted by atomic mass is 14.7. The maximum atomic E-state index is 6.34. The van der Waals surface area contributed by atoms with Crippen molar-refractivity contribution in [1.82, 2.24) is 0 Å². The van der Waals surface area contributed by atoms with E-state index in [9.17, 15) is 0 Å². The van der Waals surface area contributed by atoms with Crippen LogP contribution in [0.4, 0.5) is 0 Å². The molecule has 1 saturated carbocycles. The molecule has 0 aliphatic heterocycles. The Hall–Kier alpha value is -0.820. The van der Waals surface area contributed by atoms with Gasteiger partial charge in [0.25, 0.3) is 0 Å². The van der Waals surface area contributed by atoms with Gasteiger partial charge in [0.15, 0.2) is 0 Å². The third kappa shape index (κ3) is 2.82. The molecule has 0 atom stereocenters. The van der Waals surface area contributed by atoms with Crippen molar-refractivity contribution in [3.63, 3.8) is 0 Å². The second-order valence-corrected chi connectivity index (χ2v) is 5.06. The summed E-state index contributed by atoms with van der Waals surface area (Å²) in [6.45, 7) is 2.13. The van der Waals surface area contributed by atoms with Gasteiger partial charge in [0.1, 0.15) is 0 Å². The first-order chi connectivity index (χ1) is 7.18. The standard InChI is InChI=1S/C14H21N/c1-12-4-6-13(7-5-12)8-11-14(15)9-2-3-10-14/h4-7H,2-3,8-11,15H2,1H3. The fourth-order valence-corrected chi connectivity index (χ4v) is 2.48. The highest BCUT2D eigenvalue weighted by Crippen LogP contribution is 2.31. The van der Waals surface area contributed by atoms with E-state index in [1.54, 1.807) is 0 Å². The molecule has 2 rings (SSSR count). The minimum atomic E-state index is 0.144. The van der Waals surface area contributed by atoms with E-state index in [0.717, 1.165) is 12.8 Å². The van der Waals surface area contributed by atoms with Crippen molar-refractivity contribution < 1.29 is 0 Å². The van der Waals surface area contributed by atoms with E-state index < -0.39 is 0 Å². The molecule has 0 heterocycles. The summed E-state index contributed by atoms with van der Waals surface area (Å²) in [5, 5.41) is 0. The Kier molecular flexibility index (Phi) is 3.11. The lowest BCUT2D eigenvalue weighted by Crippen LogP contribution is -2.36. The Labute approximate surface area is 92.7 Å². The summed E-state index contributed by atoms with van der Waals surface area (Å²) in [7, 11) is 0. The first-order valence-corrected chi connectivity index (χ1v) is 6.02. The molecule has 2 N–H and O–H groups in total. The van der Waals surface area contributed by atoms with Crippen LogP contribution in [0, 0.1) is 6.92 Å². The van der Waals surface area contributed by atoms with Gasteiger partial charge in [-0.3, -0.25) is 0 Å². The molecule has 0 spiro atoms. The van der Waals surface area contributed by atoms with Gasteiger partial charge in [-0.15, -0.1) is 0 Å². The molecule has 1 fully saturated rings. The van der Waals surface area contributed by atoms with Crippen molar-refractivity contribution in [3.8, 4) is 0 Å². The van der Waals surface area contributed by atoms with Gasteiger partial charge in [-0.2, -0.15) is 0 Å². The van der Waals surface area contributed by atoms with Crippen molar-refractivity contribution in [3.05, 3.63) is 35.4 Å². The zero-order chi connectivity index (χ0) is 10.7. The summed E-state index contributed by atoms with van der Waals surface area (Å²) in [6.07, 6.45) is 7.37. The molecule has 0 bridgehead atoms. The van der Waals surface area contributed by atoms with Crippen LogP contribution in [-0.2, 0) is 6.42 Å². The Morgan fingerprint density at radius 2 is 1.73 bits per heavy atom. The van der Waals surface area contributed by atoms with Crippen molar-refractivity contribution in [2.45, 2.75) is 51.0 Å². The molecule has 0 amide bonds. The van der Waals surface area contributed by atoms with E-state index in [-0.39, 0.29) is 5.54 Å². The van der Waals surface area contributed by atoms with Gasteiger partial charge in [-0.1, -0.05) is 42.7 Å². The van der Waals surface area contributed by atoms with Gasteiger partial charge >= 0.3 is 0 Å². The fourth-order valence-electron chi connectivity index (χ4n) is 2.48. The van der Waals surface area contributed by atoms with Gasteiger partial charge in [0.2, 0.25) is 0 Å². The molecule has 1 heteroatoms. The second kappa shape index (κ2) is 4.36. The molecule has 15 heavy (non-hydrogen) atoms. The van der Waals surface area contributed by atoms with E-state index in [1.165, 1.54) is 36.8 Å². The number of aryl methyl sites for hydroxylation is 2. The van der Waals surface area contributed by atoms with Crippen LogP contribution in [0.3, 0.4) is 0 Å². The Morgan fingerprint density at radius 3 is 2.33 bits per heavy atom. The fraction of sp³-hybridized carbons (Fsp3) is 0.571. The Balaban J connectivity index is 1.90. The topological polar surface area (TPSA) is 26.0 Å². The smallest absolute Gasteiger partial charge is 0.0157 e. The molecule has 82 valence electrons. The van der Waals surface area contributed by atoms with Crippen LogP contribution in [0.1, 0.15) is 43.2 Å². The van der Waals surface area contributed by atoms with Crippen LogP contribution in [0.2, 0.25) is 0 Å². The molecule has 0 radical (unpaired) electrons. The predicted octanol–water partition coefficient (Wildman–Crippen LogP) is 3.20. The maximum Gasteiger partial charge on any atom is 0.0157 e. The number of hydrogen-bond donors (Lipinski definition) is 1. The Morgan fingerprint density at radius 1 is 1.13 bits per heavy atom. The lowest BCUT2D eigenvalue weighted by atomic mass is 9.91. The van der Waals surface area contributed by atoms with E-state index in [4.69, 9.17) is 5.73 Å². The molecule has 0 saturated heterocycles. The number of benzene rings is 1. The summed E-state index contributed by atoms with van der Waals surface area (Å²) in [5.74, 6) is 0. The zero-order valence-electron chi connectivity index (χ0n) is 9.63. The lowest BCUT2D eigenvalue weighted by Gasteiger charge is -2.23. The summed E-state index contributed by atoms with van der Waals surface area (Å²) in [6, 6.07) is 8.83. The number of hydrogen-bond acceptors (Lipinski definition) is 1. The molecular weight excluding hydrogens is 182 g/mol. The summed E-state index contributed by atoms with van der Waals surface area (Å²) >= 11 is 0. The molecule has 1 nitrogen and oxygen atoms in total.